The van der Waals surface area contributed by atoms with Crippen molar-refractivity contribution in [1.82, 2.24) is 5.32 Å². The van der Waals surface area contributed by atoms with Gasteiger partial charge in [-0.25, -0.2) is 0 Å². The minimum Gasteiger partial charge on any atom is -0.365 e. The Morgan fingerprint density at radius 1 is 1.62 bits per heavy atom. The van der Waals surface area contributed by atoms with E-state index < -0.39 is 0 Å². The highest BCUT2D eigenvalue weighted by Gasteiger charge is 1.82. The van der Waals surface area contributed by atoms with Gasteiger partial charge in [-0.15, -0.1) is 0 Å². The predicted molar refractivity (Wildman–Crippen MR) is 40.6 cm³/mol. The summed E-state index contributed by atoms with van der Waals surface area (Å²) in [6.07, 6.45) is 0. The summed E-state index contributed by atoms with van der Waals surface area (Å²) >= 11 is 3.24. The molecular formula is C5H11BrN2. The summed E-state index contributed by atoms with van der Waals surface area (Å²) in [5, 5.41) is 3.01. The van der Waals surface area contributed by atoms with Crippen molar-refractivity contribution < 1.29 is 0 Å². The molecule has 0 aliphatic rings. The number of aliphatic imine (C=N–C) groups is 1. The Hall–Kier alpha value is -0.0500. The Kier molecular flexibility index (Phi) is 5.06. The van der Waals surface area contributed by atoms with E-state index in [9.17, 15) is 0 Å². The first-order chi connectivity index (χ1) is 3.81. The molecule has 0 aromatic carbocycles. The van der Waals surface area contributed by atoms with Crippen LogP contribution in [-0.4, -0.2) is 17.8 Å². The smallest absolute Gasteiger partial charge is 0.165 e. The highest BCUT2D eigenvalue weighted by molar-refractivity contribution is 9.18. The fourth-order valence-electron chi connectivity index (χ4n) is 0.341. The summed E-state index contributed by atoms with van der Waals surface area (Å²) in [5.74, 6) is 0. The first-order valence-corrected chi connectivity index (χ1v) is 3.54. The largest absolute Gasteiger partial charge is 0.365 e. The quantitative estimate of drug-likeness (QED) is 0.386. The predicted octanol–water partition coefficient (Wildman–Crippen LogP) is 1.37. The Bertz CT molecular complexity index is 80.5. The van der Waals surface area contributed by atoms with Gasteiger partial charge in [0.25, 0.3) is 0 Å². The zero-order chi connectivity index (χ0) is 6.41. The third-order valence-corrected chi connectivity index (χ3v) is 1.15. The topological polar surface area (TPSA) is 24.4 Å². The molecule has 0 aromatic heterocycles. The molecule has 48 valence electrons. The summed E-state index contributed by atoms with van der Waals surface area (Å²) in [7, 11) is 0. The minimum absolute atomic E-state index is 0.827. The van der Waals surface area contributed by atoms with Crippen LogP contribution < -0.4 is 5.32 Å². The van der Waals surface area contributed by atoms with Gasteiger partial charge in [0.15, 0.2) is 4.74 Å². The molecule has 0 rings (SSSR count). The van der Waals surface area contributed by atoms with Gasteiger partial charge in [-0.2, -0.15) is 0 Å². The summed E-state index contributed by atoms with van der Waals surface area (Å²) in [5.41, 5.74) is 0. The molecule has 0 bridgehead atoms. The lowest BCUT2D eigenvalue weighted by Crippen LogP contribution is -2.16. The summed E-state index contributed by atoms with van der Waals surface area (Å²) in [6, 6.07) is 0. The van der Waals surface area contributed by atoms with E-state index in [1.807, 2.05) is 13.8 Å². The molecule has 0 amide bonds. The molecule has 0 unspecified atom stereocenters. The Labute approximate surface area is 58.5 Å². The van der Waals surface area contributed by atoms with Crippen molar-refractivity contribution in [1.29, 1.82) is 0 Å². The van der Waals surface area contributed by atoms with Crippen LogP contribution in [0.15, 0.2) is 4.99 Å². The molecule has 0 fully saturated rings. The minimum atomic E-state index is 0.827. The number of hydrogen-bond donors (Lipinski definition) is 1. The van der Waals surface area contributed by atoms with Gasteiger partial charge in [0.05, 0.1) is 0 Å². The molecule has 1 N–H and O–H groups in total. The average Bonchev–Trinajstić information content (AvgIpc) is 1.68. The Morgan fingerprint density at radius 3 is 2.62 bits per heavy atom. The molecule has 0 radical (unpaired) electrons. The fourth-order valence-corrected chi connectivity index (χ4v) is 0.872. The average molecular weight is 179 g/mol. The van der Waals surface area contributed by atoms with Crippen LogP contribution in [0.1, 0.15) is 13.8 Å². The second-order valence-electron chi connectivity index (χ2n) is 1.30. The SMILES string of the molecule is CC/N=C(\Br)NCC. The van der Waals surface area contributed by atoms with Crippen LogP contribution in [0.3, 0.4) is 0 Å². The third kappa shape index (κ3) is 4.12. The number of nitrogens with zero attached hydrogens (tertiary/aromatic N) is 1. The van der Waals surface area contributed by atoms with Crippen molar-refractivity contribution in [3.63, 3.8) is 0 Å². The first kappa shape index (κ1) is 7.95. The first-order valence-electron chi connectivity index (χ1n) is 2.75. The van der Waals surface area contributed by atoms with Crippen LogP contribution in [0.4, 0.5) is 0 Å². The van der Waals surface area contributed by atoms with Gasteiger partial charge in [0, 0.05) is 13.1 Å². The number of nitrogens with one attached hydrogen (secondary N) is 1. The van der Waals surface area contributed by atoms with Crippen molar-refractivity contribution in [3.8, 4) is 0 Å². The van der Waals surface area contributed by atoms with Gasteiger partial charge in [-0.3, -0.25) is 4.99 Å². The van der Waals surface area contributed by atoms with Crippen LogP contribution in [0, 0.1) is 0 Å². The molecule has 0 atom stereocenters. The molecule has 0 saturated carbocycles. The molecule has 0 aliphatic heterocycles. The number of amidine groups is 1. The van der Waals surface area contributed by atoms with E-state index in [0.717, 1.165) is 17.8 Å². The van der Waals surface area contributed by atoms with Crippen molar-refractivity contribution in [2.24, 2.45) is 4.99 Å². The van der Waals surface area contributed by atoms with Gasteiger partial charge >= 0.3 is 0 Å². The van der Waals surface area contributed by atoms with Crippen molar-refractivity contribution in [3.05, 3.63) is 0 Å². The lowest BCUT2D eigenvalue weighted by atomic mass is 10.7. The maximum atomic E-state index is 4.04. The normalized spacial score (nSPS) is 11.6. The molecule has 0 aromatic rings. The van der Waals surface area contributed by atoms with Crippen molar-refractivity contribution in [2.45, 2.75) is 13.8 Å². The van der Waals surface area contributed by atoms with Gasteiger partial charge in [-0.05, 0) is 29.8 Å². The lowest BCUT2D eigenvalue weighted by molar-refractivity contribution is 0.967. The monoisotopic (exact) mass is 178 g/mol. The highest BCUT2D eigenvalue weighted by Crippen LogP contribution is 1.83. The zero-order valence-electron chi connectivity index (χ0n) is 5.24. The molecular weight excluding hydrogens is 168 g/mol. The lowest BCUT2D eigenvalue weighted by Gasteiger charge is -1.95. The van der Waals surface area contributed by atoms with E-state index in [1.54, 1.807) is 0 Å². The van der Waals surface area contributed by atoms with E-state index in [0.29, 0.717) is 0 Å². The van der Waals surface area contributed by atoms with Gasteiger partial charge in [0.1, 0.15) is 0 Å². The van der Waals surface area contributed by atoms with E-state index in [2.05, 4.69) is 26.2 Å². The number of rotatable bonds is 2. The molecule has 2 nitrogen and oxygen atoms in total. The van der Waals surface area contributed by atoms with Crippen LogP contribution in [0.25, 0.3) is 0 Å². The van der Waals surface area contributed by atoms with E-state index >= 15 is 0 Å². The standard InChI is InChI=1S/C5H11BrN2/c1-3-7-5(6)8-4-2/h3-4H2,1-2H3,(H,7,8). The zero-order valence-corrected chi connectivity index (χ0v) is 6.83. The second-order valence-corrected chi connectivity index (χ2v) is 2.05. The molecule has 0 spiro atoms. The molecule has 8 heavy (non-hydrogen) atoms. The summed E-state index contributed by atoms with van der Waals surface area (Å²) < 4.78 is 0.850. The molecule has 0 heterocycles. The van der Waals surface area contributed by atoms with Crippen molar-refractivity contribution >= 4 is 20.7 Å². The highest BCUT2D eigenvalue weighted by atomic mass is 79.9. The maximum Gasteiger partial charge on any atom is 0.165 e. The fraction of sp³-hybridized carbons (Fsp3) is 0.800. The molecule has 3 heteroatoms. The van der Waals surface area contributed by atoms with Gasteiger partial charge in [-0.1, -0.05) is 0 Å². The Morgan fingerprint density at radius 2 is 2.25 bits per heavy atom. The number of hydrogen-bond acceptors (Lipinski definition) is 1. The molecule has 0 saturated heterocycles. The van der Waals surface area contributed by atoms with Crippen LogP contribution in [0.5, 0.6) is 0 Å². The van der Waals surface area contributed by atoms with E-state index in [1.165, 1.54) is 0 Å². The maximum absolute atomic E-state index is 4.04. The van der Waals surface area contributed by atoms with Crippen LogP contribution in [0.2, 0.25) is 0 Å². The summed E-state index contributed by atoms with van der Waals surface area (Å²) in [4.78, 5) is 4.04. The Balaban J connectivity index is 3.29. The summed E-state index contributed by atoms with van der Waals surface area (Å²) in [6.45, 7) is 5.78. The van der Waals surface area contributed by atoms with E-state index in [4.69, 9.17) is 0 Å². The van der Waals surface area contributed by atoms with Crippen LogP contribution >= 0.6 is 15.9 Å². The van der Waals surface area contributed by atoms with Crippen molar-refractivity contribution in [2.75, 3.05) is 13.1 Å². The third-order valence-electron chi connectivity index (χ3n) is 0.620. The van der Waals surface area contributed by atoms with E-state index in [-0.39, 0.29) is 0 Å². The second kappa shape index (κ2) is 5.09. The van der Waals surface area contributed by atoms with Gasteiger partial charge < -0.3 is 5.32 Å². The van der Waals surface area contributed by atoms with Crippen LogP contribution in [-0.2, 0) is 0 Å². The van der Waals surface area contributed by atoms with Gasteiger partial charge in [0.2, 0.25) is 0 Å². The number of halogens is 1. The molecule has 0 aliphatic carbocycles.